The lowest BCUT2D eigenvalue weighted by Crippen LogP contribution is -2.06. The highest BCUT2D eigenvalue weighted by atomic mass is 16.5. The summed E-state index contributed by atoms with van der Waals surface area (Å²) in [5.41, 5.74) is 6.61. The molecule has 74 valence electrons. The van der Waals surface area contributed by atoms with Crippen LogP contribution in [0.3, 0.4) is 0 Å². The molecule has 0 fully saturated rings. The SMILES string of the molecule is CCc1nc(N)c(OC)c2ccnn12. The van der Waals surface area contributed by atoms with Crippen molar-refractivity contribution < 1.29 is 4.74 Å². The molecule has 2 aromatic rings. The van der Waals surface area contributed by atoms with E-state index < -0.39 is 0 Å². The molecule has 2 heterocycles. The molecule has 0 unspecified atom stereocenters. The summed E-state index contributed by atoms with van der Waals surface area (Å²) in [4.78, 5) is 4.22. The van der Waals surface area contributed by atoms with Crippen molar-refractivity contribution in [1.82, 2.24) is 14.6 Å². The molecule has 0 aliphatic rings. The molecule has 0 aliphatic heterocycles. The first kappa shape index (κ1) is 8.80. The van der Waals surface area contributed by atoms with E-state index >= 15 is 0 Å². The van der Waals surface area contributed by atoms with Gasteiger partial charge < -0.3 is 10.5 Å². The van der Waals surface area contributed by atoms with Gasteiger partial charge in [-0.05, 0) is 6.07 Å². The second kappa shape index (κ2) is 3.17. The zero-order valence-electron chi connectivity index (χ0n) is 8.19. The Morgan fingerprint density at radius 1 is 1.57 bits per heavy atom. The van der Waals surface area contributed by atoms with Gasteiger partial charge in [-0.25, -0.2) is 9.50 Å². The molecule has 5 nitrogen and oxygen atoms in total. The van der Waals surface area contributed by atoms with Crippen LogP contribution >= 0.6 is 0 Å². The summed E-state index contributed by atoms with van der Waals surface area (Å²) < 4.78 is 6.91. The predicted molar refractivity (Wildman–Crippen MR) is 53.3 cm³/mol. The van der Waals surface area contributed by atoms with E-state index in [-0.39, 0.29) is 0 Å². The third-order valence-corrected chi connectivity index (χ3v) is 2.12. The number of aryl methyl sites for hydroxylation is 1. The van der Waals surface area contributed by atoms with Gasteiger partial charge in [0.05, 0.1) is 13.3 Å². The van der Waals surface area contributed by atoms with E-state index in [1.165, 1.54) is 0 Å². The lowest BCUT2D eigenvalue weighted by atomic mass is 10.3. The summed E-state index contributed by atoms with van der Waals surface area (Å²) >= 11 is 0. The molecular formula is C9H12N4O. The smallest absolute Gasteiger partial charge is 0.186 e. The molecule has 0 spiro atoms. The maximum atomic E-state index is 5.76. The average molecular weight is 192 g/mol. The Bertz CT molecular complexity index is 463. The Morgan fingerprint density at radius 3 is 3.00 bits per heavy atom. The van der Waals surface area contributed by atoms with Gasteiger partial charge in [0.1, 0.15) is 11.3 Å². The third-order valence-electron chi connectivity index (χ3n) is 2.12. The maximum Gasteiger partial charge on any atom is 0.186 e. The Kier molecular flexibility index (Phi) is 1.99. The van der Waals surface area contributed by atoms with Crippen molar-refractivity contribution in [3.8, 4) is 5.75 Å². The number of hydrogen-bond donors (Lipinski definition) is 1. The molecule has 0 atom stereocenters. The first-order valence-electron chi connectivity index (χ1n) is 4.44. The fraction of sp³-hybridized carbons (Fsp3) is 0.333. The number of nitrogens with zero attached hydrogens (tertiary/aromatic N) is 3. The summed E-state index contributed by atoms with van der Waals surface area (Å²) in [5.74, 6) is 1.83. The van der Waals surface area contributed by atoms with E-state index in [0.717, 1.165) is 17.8 Å². The summed E-state index contributed by atoms with van der Waals surface area (Å²) in [6.07, 6.45) is 2.49. The van der Waals surface area contributed by atoms with Crippen molar-refractivity contribution >= 4 is 11.3 Å². The molecular weight excluding hydrogens is 180 g/mol. The molecule has 0 aromatic carbocycles. The second-order valence-corrected chi connectivity index (χ2v) is 2.93. The lowest BCUT2D eigenvalue weighted by molar-refractivity contribution is 0.417. The van der Waals surface area contributed by atoms with Crippen molar-refractivity contribution in [2.24, 2.45) is 0 Å². The maximum absolute atomic E-state index is 5.76. The molecule has 0 amide bonds. The van der Waals surface area contributed by atoms with Gasteiger partial charge in [0.25, 0.3) is 0 Å². The summed E-state index contributed by atoms with van der Waals surface area (Å²) in [6, 6.07) is 1.86. The van der Waals surface area contributed by atoms with E-state index in [4.69, 9.17) is 10.5 Å². The predicted octanol–water partition coefficient (Wildman–Crippen LogP) is 0.882. The van der Waals surface area contributed by atoms with E-state index in [2.05, 4.69) is 10.1 Å². The van der Waals surface area contributed by atoms with Crippen molar-refractivity contribution in [2.75, 3.05) is 12.8 Å². The Labute approximate surface area is 81.5 Å². The van der Waals surface area contributed by atoms with E-state index in [0.29, 0.717) is 11.6 Å². The molecule has 0 saturated carbocycles. The molecule has 14 heavy (non-hydrogen) atoms. The normalized spacial score (nSPS) is 10.7. The van der Waals surface area contributed by atoms with Gasteiger partial charge in [-0.2, -0.15) is 5.10 Å². The minimum absolute atomic E-state index is 0.414. The summed E-state index contributed by atoms with van der Waals surface area (Å²) in [6.45, 7) is 2.01. The van der Waals surface area contributed by atoms with Gasteiger partial charge in [0, 0.05) is 6.42 Å². The number of anilines is 1. The first-order valence-corrected chi connectivity index (χ1v) is 4.44. The summed E-state index contributed by atoms with van der Waals surface area (Å²) in [5, 5.41) is 4.16. The molecule has 0 saturated heterocycles. The van der Waals surface area contributed by atoms with Crippen LogP contribution in [0.4, 0.5) is 5.82 Å². The number of methoxy groups -OCH3 is 1. The number of aromatic nitrogens is 3. The topological polar surface area (TPSA) is 65.4 Å². The minimum atomic E-state index is 0.414. The number of hydrogen-bond acceptors (Lipinski definition) is 4. The van der Waals surface area contributed by atoms with Gasteiger partial charge in [0.15, 0.2) is 11.6 Å². The standard InChI is InChI=1S/C9H12N4O/c1-3-7-12-9(10)8(14-2)6-4-5-11-13(6)7/h4-5H,3,10H2,1-2H3. The zero-order valence-corrected chi connectivity index (χ0v) is 8.19. The van der Waals surface area contributed by atoms with Crippen LogP contribution < -0.4 is 10.5 Å². The zero-order chi connectivity index (χ0) is 10.1. The molecule has 5 heteroatoms. The molecule has 2 rings (SSSR count). The van der Waals surface area contributed by atoms with Gasteiger partial charge in [-0.15, -0.1) is 0 Å². The Balaban J connectivity index is 2.81. The van der Waals surface area contributed by atoms with Crippen LogP contribution in [0, 0.1) is 0 Å². The minimum Gasteiger partial charge on any atom is -0.491 e. The summed E-state index contributed by atoms with van der Waals surface area (Å²) in [7, 11) is 1.58. The number of nitrogen functional groups attached to an aromatic ring is 1. The van der Waals surface area contributed by atoms with E-state index in [1.54, 1.807) is 17.8 Å². The van der Waals surface area contributed by atoms with Crippen LogP contribution in [0.1, 0.15) is 12.7 Å². The van der Waals surface area contributed by atoms with Crippen molar-refractivity contribution in [1.29, 1.82) is 0 Å². The van der Waals surface area contributed by atoms with E-state index in [9.17, 15) is 0 Å². The highest BCUT2D eigenvalue weighted by molar-refractivity contribution is 5.68. The Hall–Kier alpha value is -1.78. The fourth-order valence-corrected chi connectivity index (χ4v) is 1.49. The fourth-order valence-electron chi connectivity index (χ4n) is 1.49. The van der Waals surface area contributed by atoms with Crippen LogP contribution in [0.2, 0.25) is 0 Å². The highest BCUT2D eigenvalue weighted by Crippen LogP contribution is 2.25. The van der Waals surface area contributed by atoms with Gasteiger partial charge >= 0.3 is 0 Å². The molecule has 2 aromatic heterocycles. The van der Waals surface area contributed by atoms with Crippen LogP contribution in [0.15, 0.2) is 12.3 Å². The van der Waals surface area contributed by atoms with Crippen LogP contribution in [0.5, 0.6) is 5.75 Å². The molecule has 2 N–H and O–H groups in total. The van der Waals surface area contributed by atoms with Gasteiger partial charge in [-0.3, -0.25) is 0 Å². The first-order chi connectivity index (χ1) is 6.77. The largest absolute Gasteiger partial charge is 0.491 e. The van der Waals surface area contributed by atoms with Crippen LogP contribution in [-0.2, 0) is 6.42 Å². The van der Waals surface area contributed by atoms with Crippen molar-refractivity contribution in [2.45, 2.75) is 13.3 Å². The third kappa shape index (κ3) is 1.09. The van der Waals surface area contributed by atoms with Crippen molar-refractivity contribution in [3.63, 3.8) is 0 Å². The van der Waals surface area contributed by atoms with Crippen LogP contribution in [-0.4, -0.2) is 21.7 Å². The molecule has 0 aliphatic carbocycles. The lowest BCUT2D eigenvalue weighted by Gasteiger charge is -2.08. The quantitative estimate of drug-likeness (QED) is 0.767. The van der Waals surface area contributed by atoms with Crippen LogP contribution in [0.25, 0.3) is 5.52 Å². The number of rotatable bonds is 2. The molecule has 0 bridgehead atoms. The number of ether oxygens (including phenoxy) is 1. The van der Waals surface area contributed by atoms with Crippen molar-refractivity contribution in [3.05, 3.63) is 18.1 Å². The monoisotopic (exact) mass is 192 g/mol. The Morgan fingerprint density at radius 2 is 2.36 bits per heavy atom. The van der Waals surface area contributed by atoms with Gasteiger partial charge in [-0.1, -0.05) is 6.92 Å². The average Bonchev–Trinajstić information content (AvgIpc) is 2.65. The number of nitrogens with two attached hydrogens (primary N) is 1. The number of fused-ring (bicyclic) bond motifs is 1. The van der Waals surface area contributed by atoms with E-state index in [1.807, 2.05) is 13.0 Å². The van der Waals surface area contributed by atoms with Gasteiger partial charge in [0.2, 0.25) is 0 Å². The highest BCUT2D eigenvalue weighted by Gasteiger charge is 2.11. The molecule has 0 radical (unpaired) electrons. The second-order valence-electron chi connectivity index (χ2n) is 2.93.